The molecule has 0 radical (unpaired) electrons. The Morgan fingerprint density at radius 1 is 1.31 bits per heavy atom. The Morgan fingerprint density at radius 2 is 1.92 bits per heavy atom. The number of carbonyl (C=O) groups excluding carboxylic acids is 1. The van der Waals surface area contributed by atoms with E-state index in [9.17, 15) is 4.79 Å². The minimum atomic E-state index is 0.462. The molecule has 0 unspecified atom stereocenters. The minimum absolute atomic E-state index is 0.462. The molecule has 1 fully saturated rings. The molecule has 0 atom stereocenters. The van der Waals surface area contributed by atoms with E-state index in [0.717, 1.165) is 32.2 Å². The summed E-state index contributed by atoms with van der Waals surface area (Å²) in [7, 11) is 0. The summed E-state index contributed by atoms with van der Waals surface area (Å²) >= 11 is 0. The van der Waals surface area contributed by atoms with Crippen molar-refractivity contribution in [1.82, 2.24) is 4.90 Å². The number of hydrogen-bond acceptors (Lipinski definition) is 2. The van der Waals surface area contributed by atoms with Crippen LogP contribution in [0.4, 0.5) is 0 Å². The third kappa shape index (κ3) is 3.11. The predicted molar refractivity (Wildman–Crippen MR) is 54.8 cm³/mol. The maximum atomic E-state index is 11.1. The van der Waals surface area contributed by atoms with Crippen molar-refractivity contribution < 1.29 is 4.79 Å². The largest absolute Gasteiger partial charge is 0.301 e. The van der Waals surface area contributed by atoms with Crippen LogP contribution in [0.15, 0.2) is 0 Å². The van der Waals surface area contributed by atoms with E-state index in [0.29, 0.717) is 11.8 Å². The monoisotopic (exact) mass is 183 g/mol. The Hall–Kier alpha value is -0.370. The van der Waals surface area contributed by atoms with E-state index in [1.54, 1.807) is 0 Å². The lowest BCUT2D eigenvalue weighted by atomic mass is 9.93. The van der Waals surface area contributed by atoms with E-state index < -0.39 is 0 Å². The Balaban J connectivity index is 2.36. The molecule has 13 heavy (non-hydrogen) atoms. The second-order valence-corrected chi connectivity index (χ2v) is 3.90. The average molecular weight is 183 g/mol. The fraction of sp³-hybridized carbons (Fsp3) is 0.909. The van der Waals surface area contributed by atoms with Gasteiger partial charge in [0.1, 0.15) is 5.78 Å². The van der Waals surface area contributed by atoms with Crippen LogP contribution < -0.4 is 0 Å². The molecule has 0 amide bonds. The van der Waals surface area contributed by atoms with Crippen molar-refractivity contribution in [2.75, 3.05) is 13.1 Å². The summed E-state index contributed by atoms with van der Waals surface area (Å²) in [5.74, 6) is 0.462. The highest BCUT2D eigenvalue weighted by molar-refractivity contribution is 5.79. The van der Waals surface area contributed by atoms with Gasteiger partial charge in [-0.3, -0.25) is 4.79 Å². The van der Waals surface area contributed by atoms with E-state index >= 15 is 0 Å². The molecule has 0 spiro atoms. The predicted octanol–water partition coefficient (Wildman–Crippen LogP) is 2.23. The van der Waals surface area contributed by atoms with Crippen LogP contribution in [0.25, 0.3) is 0 Å². The first-order chi connectivity index (χ1) is 6.27. The summed E-state index contributed by atoms with van der Waals surface area (Å²) in [6, 6.07) is 0.683. The molecule has 0 aromatic carbocycles. The maximum Gasteiger partial charge on any atom is 0.133 e. The molecule has 0 bridgehead atoms. The van der Waals surface area contributed by atoms with Crippen molar-refractivity contribution in [1.29, 1.82) is 0 Å². The summed E-state index contributed by atoms with van der Waals surface area (Å²) in [6.07, 6.45) is 5.02. The van der Waals surface area contributed by atoms with E-state index in [1.807, 2.05) is 0 Å². The lowest BCUT2D eigenvalue weighted by Crippen LogP contribution is -2.38. The van der Waals surface area contributed by atoms with Crippen LogP contribution in [0.5, 0.6) is 0 Å². The van der Waals surface area contributed by atoms with Crippen LogP contribution >= 0.6 is 0 Å². The standard InChI is InChI=1S/C11H21NO/c1-3-9-12(4-2)10-5-7-11(13)8-6-10/h10H,3-9H2,1-2H3. The molecule has 1 aliphatic carbocycles. The fourth-order valence-corrected chi connectivity index (χ4v) is 2.18. The van der Waals surface area contributed by atoms with Gasteiger partial charge in [0.2, 0.25) is 0 Å². The van der Waals surface area contributed by atoms with Crippen molar-refractivity contribution in [3.63, 3.8) is 0 Å². The highest BCUT2D eigenvalue weighted by Crippen LogP contribution is 2.20. The van der Waals surface area contributed by atoms with Gasteiger partial charge in [-0.05, 0) is 32.4 Å². The van der Waals surface area contributed by atoms with Gasteiger partial charge in [0.15, 0.2) is 0 Å². The van der Waals surface area contributed by atoms with Gasteiger partial charge in [-0.1, -0.05) is 13.8 Å². The van der Waals surface area contributed by atoms with Gasteiger partial charge in [-0.2, -0.15) is 0 Å². The maximum absolute atomic E-state index is 11.1. The number of Topliss-reactive ketones (excluding diaryl/α,β-unsaturated/α-hetero) is 1. The van der Waals surface area contributed by atoms with Gasteiger partial charge in [0.25, 0.3) is 0 Å². The Bertz CT molecular complexity index is 157. The number of rotatable bonds is 4. The zero-order chi connectivity index (χ0) is 9.68. The lowest BCUT2D eigenvalue weighted by molar-refractivity contribution is -0.121. The van der Waals surface area contributed by atoms with Gasteiger partial charge in [-0.15, -0.1) is 0 Å². The molecular formula is C11H21NO. The van der Waals surface area contributed by atoms with Gasteiger partial charge in [-0.25, -0.2) is 0 Å². The molecule has 2 nitrogen and oxygen atoms in total. The van der Waals surface area contributed by atoms with Gasteiger partial charge >= 0.3 is 0 Å². The van der Waals surface area contributed by atoms with Gasteiger partial charge in [0, 0.05) is 18.9 Å². The van der Waals surface area contributed by atoms with Crippen LogP contribution in [-0.4, -0.2) is 29.8 Å². The van der Waals surface area contributed by atoms with Crippen LogP contribution in [0.1, 0.15) is 46.0 Å². The summed E-state index contributed by atoms with van der Waals surface area (Å²) in [5, 5.41) is 0. The first-order valence-corrected chi connectivity index (χ1v) is 5.53. The molecule has 0 aliphatic heterocycles. The highest BCUT2D eigenvalue weighted by atomic mass is 16.1. The molecule has 0 aromatic heterocycles. The van der Waals surface area contributed by atoms with Crippen molar-refractivity contribution in [3.8, 4) is 0 Å². The number of hydrogen-bond donors (Lipinski definition) is 0. The molecule has 0 N–H and O–H groups in total. The van der Waals surface area contributed by atoms with Crippen molar-refractivity contribution >= 4 is 5.78 Å². The molecule has 76 valence electrons. The Labute approximate surface area is 81.3 Å². The Morgan fingerprint density at radius 3 is 2.38 bits per heavy atom. The van der Waals surface area contributed by atoms with Crippen molar-refractivity contribution in [2.24, 2.45) is 0 Å². The zero-order valence-corrected chi connectivity index (χ0v) is 8.88. The smallest absolute Gasteiger partial charge is 0.133 e. The first-order valence-electron chi connectivity index (χ1n) is 5.53. The average Bonchev–Trinajstić information content (AvgIpc) is 2.16. The van der Waals surface area contributed by atoms with Crippen LogP contribution in [0.2, 0.25) is 0 Å². The van der Waals surface area contributed by atoms with Gasteiger partial charge < -0.3 is 4.90 Å². The van der Waals surface area contributed by atoms with E-state index in [4.69, 9.17) is 0 Å². The fourth-order valence-electron chi connectivity index (χ4n) is 2.18. The molecule has 1 aliphatic rings. The summed E-state index contributed by atoms with van der Waals surface area (Å²) in [4.78, 5) is 13.6. The molecule has 1 saturated carbocycles. The summed E-state index contributed by atoms with van der Waals surface area (Å²) in [6.45, 7) is 6.75. The lowest BCUT2D eigenvalue weighted by Gasteiger charge is -2.32. The van der Waals surface area contributed by atoms with Crippen molar-refractivity contribution in [2.45, 2.75) is 52.0 Å². The molecule has 0 aromatic rings. The quantitative estimate of drug-likeness (QED) is 0.666. The molecule has 2 heteroatoms. The molecule has 0 saturated heterocycles. The third-order valence-electron chi connectivity index (χ3n) is 2.95. The second kappa shape index (κ2) is 5.38. The molecular weight excluding hydrogens is 162 g/mol. The molecule has 1 rings (SSSR count). The van der Waals surface area contributed by atoms with E-state index in [1.165, 1.54) is 13.0 Å². The van der Waals surface area contributed by atoms with Crippen molar-refractivity contribution in [3.05, 3.63) is 0 Å². The van der Waals surface area contributed by atoms with E-state index in [-0.39, 0.29) is 0 Å². The van der Waals surface area contributed by atoms with Crippen LogP contribution in [0.3, 0.4) is 0 Å². The van der Waals surface area contributed by atoms with E-state index in [2.05, 4.69) is 18.7 Å². The highest BCUT2D eigenvalue weighted by Gasteiger charge is 2.22. The first kappa shape index (κ1) is 10.7. The van der Waals surface area contributed by atoms with Crippen LogP contribution in [0, 0.1) is 0 Å². The second-order valence-electron chi connectivity index (χ2n) is 3.90. The SMILES string of the molecule is CCCN(CC)C1CCC(=O)CC1. The number of nitrogens with zero attached hydrogens (tertiary/aromatic N) is 1. The summed E-state index contributed by atoms with van der Waals surface area (Å²) < 4.78 is 0. The molecule has 0 heterocycles. The normalized spacial score (nSPS) is 19.8. The summed E-state index contributed by atoms with van der Waals surface area (Å²) in [5.41, 5.74) is 0. The minimum Gasteiger partial charge on any atom is -0.301 e. The van der Waals surface area contributed by atoms with Crippen LogP contribution in [-0.2, 0) is 4.79 Å². The number of carbonyl (C=O) groups is 1. The zero-order valence-electron chi connectivity index (χ0n) is 8.88. The number of ketones is 1. The third-order valence-corrected chi connectivity index (χ3v) is 2.95. The Kier molecular flexibility index (Phi) is 4.43. The topological polar surface area (TPSA) is 20.3 Å². The van der Waals surface area contributed by atoms with Gasteiger partial charge in [0.05, 0.1) is 0 Å².